The van der Waals surface area contributed by atoms with Crippen LogP contribution >= 0.6 is 0 Å². The van der Waals surface area contributed by atoms with E-state index >= 15 is 0 Å². The molecule has 17 heavy (non-hydrogen) atoms. The first-order valence-corrected chi connectivity index (χ1v) is 6.14. The first-order valence-electron chi connectivity index (χ1n) is 6.14. The Hall–Kier alpha value is -1.54. The Bertz CT molecular complexity index is 511. The summed E-state index contributed by atoms with van der Waals surface area (Å²) in [4.78, 5) is 0. The van der Waals surface area contributed by atoms with Crippen LogP contribution in [0.4, 0.5) is 0 Å². The van der Waals surface area contributed by atoms with Crippen LogP contribution in [0.25, 0.3) is 0 Å². The zero-order chi connectivity index (χ0) is 11.9. The molecule has 2 aromatic rings. The maximum atomic E-state index is 3.65. The molecule has 0 radical (unpaired) electrons. The number of hydrogen-bond donors (Lipinski definition) is 1. The molecular formula is C15H18N2. The largest absolute Gasteiger partial charge is 0.343 e. The van der Waals surface area contributed by atoms with Gasteiger partial charge in [0, 0.05) is 18.4 Å². The van der Waals surface area contributed by atoms with Gasteiger partial charge < -0.3 is 9.88 Å². The number of benzene rings is 1. The van der Waals surface area contributed by atoms with E-state index in [1.165, 1.54) is 11.3 Å². The van der Waals surface area contributed by atoms with Crippen molar-refractivity contribution in [3.8, 4) is 0 Å². The molecule has 0 fully saturated rings. The molecule has 0 saturated carbocycles. The van der Waals surface area contributed by atoms with E-state index in [0.29, 0.717) is 6.04 Å². The molecule has 0 bridgehead atoms. The third-order valence-electron chi connectivity index (χ3n) is 3.60. The average Bonchev–Trinajstić information content (AvgIpc) is 2.81. The van der Waals surface area contributed by atoms with Crippen molar-refractivity contribution in [1.82, 2.24) is 9.88 Å². The monoisotopic (exact) mass is 226 g/mol. The SMILES string of the molecule is CC1(C)CN[C@H](c2ccccc2)c2cccn21. The van der Waals surface area contributed by atoms with Crippen LogP contribution in [-0.2, 0) is 5.54 Å². The Labute approximate surface area is 102 Å². The second-order valence-corrected chi connectivity index (χ2v) is 5.34. The molecule has 1 aromatic carbocycles. The van der Waals surface area contributed by atoms with Gasteiger partial charge in [0.1, 0.15) is 0 Å². The molecule has 1 aliphatic heterocycles. The second-order valence-electron chi connectivity index (χ2n) is 5.34. The van der Waals surface area contributed by atoms with E-state index in [-0.39, 0.29) is 5.54 Å². The standard InChI is InChI=1S/C15H18N2/c1-15(2)11-16-14(12-7-4-3-5-8-12)13-9-6-10-17(13)15/h3-10,14,16H,11H2,1-2H3/t14-/m1/s1. The lowest BCUT2D eigenvalue weighted by Crippen LogP contribution is -2.46. The maximum Gasteiger partial charge on any atom is 0.0732 e. The molecule has 0 saturated heterocycles. The highest BCUT2D eigenvalue weighted by molar-refractivity contribution is 5.31. The number of nitrogens with zero attached hydrogens (tertiary/aromatic N) is 1. The number of nitrogens with one attached hydrogen (secondary N) is 1. The average molecular weight is 226 g/mol. The van der Waals surface area contributed by atoms with Crippen LogP contribution in [-0.4, -0.2) is 11.1 Å². The van der Waals surface area contributed by atoms with Crippen LogP contribution in [0.3, 0.4) is 0 Å². The van der Waals surface area contributed by atoms with Crippen molar-refractivity contribution in [3.63, 3.8) is 0 Å². The summed E-state index contributed by atoms with van der Waals surface area (Å²) in [5.41, 5.74) is 2.85. The molecule has 0 unspecified atom stereocenters. The normalized spacial score (nSPS) is 22.1. The molecule has 0 aliphatic carbocycles. The number of fused-ring (bicyclic) bond motifs is 1. The van der Waals surface area contributed by atoms with Gasteiger partial charge in [-0.15, -0.1) is 0 Å². The van der Waals surface area contributed by atoms with Crippen molar-refractivity contribution in [2.75, 3.05) is 6.54 Å². The summed E-state index contributed by atoms with van der Waals surface area (Å²) in [6.45, 7) is 5.53. The molecule has 2 nitrogen and oxygen atoms in total. The fourth-order valence-electron chi connectivity index (χ4n) is 2.66. The van der Waals surface area contributed by atoms with Crippen LogP contribution in [0, 0.1) is 0 Å². The van der Waals surface area contributed by atoms with Crippen LogP contribution < -0.4 is 5.32 Å². The first-order chi connectivity index (χ1) is 8.18. The van der Waals surface area contributed by atoms with E-state index in [2.05, 4.69) is 72.4 Å². The highest BCUT2D eigenvalue weighted by atomic mass is 15.2. The fourth-order valence-corrected chi connectivity index (χ4v) is 2.66. The first kappa shape index (κ1) is 10.6. The molecule has 1 atom stereocenters. The molecule has 3 rings (SSSR count). The summed E-state index contributed by atoms with van der Waals surface area (Å²) in [5.74, 6) is 0. The van der Waals surface area contributed by atoms with Gasteiger partial charge >= 0.3 is 0 Å². The van der Waals surface area contributed by atoms with Gasteiger partial charge in [-0.1, -0.05) is 30.3 Å². The van der Waals surface area contributed by atoms with Gasteiger partial charge in [-0.2, -0.15) is 0 Å². The zero-order valence-electron chi connectivity index (χ0n) is 10.4. The van der Waals surface area contributed by atoms with Crippen molar-refractivity contribution >= 4 is 0 Å². The van der Waals surface area contributed by atoms with Gasteiger partial charge in [0.25, 0.3) is 0 Å². The molecule has 0 amide bonds. The molecule has 0 spiro atoms. The fraction of sp³-hybridized carbons (Fsp3) is 0.333. The van der Waals surface area contributed by atoms with Crippen molar-refractivity contribution in [3.05, 3.63) is 59.9 Å². The lowest BCUT2D eigenvalue weighted by molar-refractivity contribution is 0.273. The van der Waals surface area contributed by atoms with Gasteiger partial charge in [-0.05, 0) is 31.5 Å². The van der Waals surface area contributed by atoms with Crippen molar-refractivity contribution in [2.45, 2.75) is 25.4 Å². The molecule has 88 valence electrons. The smallest absolute Gasteiger partial charge is 0.0732 e. The van der Waals surface area contributed by atoms with Crippen LogP contribution in [0.1, 0.15) is 31.1 Å². The quantitative estimate of drug-likeness (QED) is 0.791. The second kappa shape index (κ2) is 3.74. The molecule has 2 heterocycles. The summed E-state index contributed by atoms with van der Waals surface area (Å²) in [7, 11) is 0. The van der Waals surface area contributed by atoms with E-state index in [1.807, 2.05) is 0 Å². The number of rotatable bonds is 1. The van der Waals surface area contributed by atoms with Crippen LogP contribution in [0.15, 0.2) is 48.7 Å². The Morgan fingerprint density at radius 1 is 1.12 bits per heavy atom. The van der Waals surface area contributed by atoms with Gasteiger partial charge in [-0.25, -0.2) is 0 Å². The maximum absolute atomic E-state index is 3.65. The Kier molecular flexibility index (Phi) is 2.33. The van der Waals surface area contributed by atoms with Crippen LogP contribution in [0.5, 0.6) is 0 Å². The van der Waals surface area contributed by atoms with E-state index in [1.54, 1.807) is 0 Å². The summed E-state index contributed by atoms with van der Waals surface area (Å²) >= 11 is 0. The Balaban J connectivity index is 2.07. The Morgan fingerprint density at radius 2 is 1.88 bits per heavy atom. The van der Waals surface area contributed by atoms with Crippen molar-refractivity contribution in [2.24, 2.45) is 0 Å². The van der Waals surface area contributed by atoms with Gasteiger partial charge in [0.2, 0.25) is 0 Å². The summed E-state index contributed by atoms with van der Waals surface area (Å²) in [5, 5.41) is 3.65. The predicted molar refractivity (Wildman–Crippen MR) is 70.0 cm³/mol. The van der Waals surface area contributed by atoms with Gasteiger partial charge in [0.15, 0.2) is 0 Å². The molecule has 1 aromatic heterocycles. The minimum Gasteiger partial charge on any atom is -0.343 e. The minimum atomic E-state index is 0.157. The predicted octanol–water partition coefficient (Wildman–Crippen LogP) is 2.92. The highest BCUT2D eigenvalue weighted by Crippen LogP contribution is 2.31. The third-order valence-corrected chi connectivity index (χ3v) is 3.60. The Morgan fingerprint density at radius 3 is 2.65 bits per heavy atom. The summed E-state index contributed by atoms with van der Waals surface area (Å²) < 4.78 is 2.39. The molecular weight excluding hydrogens is 208 g/mol. The van der Waals surface area contributed by atoms with E-state index < -0.39 is 0 Å². The molecule has 2 heteroatoms. The van der Waals surface area contributed by atoms with Gasteiger partial charge in [-0.3, -0.25) is 0 Å². The number of hydrogen-bond acceptors (Lipinski definition) is 1. The van der Waals surface area contributed by atoms with Gasteiger partial charge in [0.05, 0.1) is 11.6 Å². The molecule has 1 N–H and O–H groups in total. The zero-order valence-corrected chi connectivity index (χ0v) is 10.4. The minimum absolute atomic E-state index is 0.157. The lowest BCUT2D eigenvalue weighted by atomic mass is 9.95. The topological polar surface area (TPSA) is 17.0 Å². The third kappa shape index (κ3) is 1.69. The number of aromatic nitrogens is 1. The van der Waals surface area contributed by atoms with Crippen LogP contribution in [0.2, 0.25) is 0 Å². The summed E-state index contributed by atoms with van der Waals surface area (Å²) in [6, 6.07) is 15.3. The highest BCUT2D eigenvalue weighted by Gasteiger charge is 2.31. The van der Waals surface area contributed by atoms with Crippen molar-refractivity contribution in [1.29, 1.82) is 0 Å². The summed E-state index contributed by atoms with van der Waals surface area (Å²) in [6.07, 6.45) is 2.19. The lowest BCUT2D eigenvalue weighted by Gasteiger charge is -2.38. The molecule has 1 aliphatic rings. The van der Waals surface area contributed by atoms with E-state index in [9.17, 15) is 0 Å². The van der Waals surface area contributed by atoms with E-state index in [0.717, 1.165) is 6.54 Å². The van der Waals surface area contributed by atoms with E-state index in [4.69, 9.17) is 0 Å². The van der Waals surface area contributed by atoms with Crippen molar-refractivity contribution < 1.29 is 0 Å².